The number of thiazole rings is 1. The van der Waals surface area contributed by atoms with Crippen molar-refractivity contribution in [2.75, 3.05) is 24.2 Å². The van der Waals surface area contributed by atoms with E-state index in [0.29, 0.717) is 5.13 Å². The maximum Gasteiger partial charge on any atom is 0.180 e. The lowest BCUT2D eigenvalue weighted by molar-refractivity contribution is 0.107. The van der Waals surface area contributed by atoms with Gasteiger partial charge in [0.25, 0.3) is 0 Å². The van der Waals surface area contributed by atoms with Gasteiger partial charge in [-0.15, -0.1) is 11.3 Å². The zero-order valence-corrected chi connectivity index (χ0v) is 13.0. The predicted octanol–water partition coefficient (Wildman–Crippen LogP) is 3.31. The molecule has 2 N–H and O–H groups in total. The van der Waals surface area contributed by atoms with Crippen LogP contribution in [-0.4, -0.2) is 24.2 Å². The quantitative estimate of drug-likeness (QED) is 0.875. The van der Waals surface area contributed by atoms with Crippen LogP contribution in [-0.2, 0) is 0 Å². The summed E-state index contributed by atoms with van der Waals surface area (Å²) < 4.78 is 6.03. The van der Waals surface area contributed by atoms with E-state index in [-0.39, 0.29) is 5.60 Å². The van der Waals surface area contributed by atoms with E-state index in [0.717, 1.165) is 34.1 Å². The molecular weight excluding hydrogens is 270 g/mol. The summed E-state index contributed by atoms with van der Waals surface area (Å²) in [5.41, 5.74) is 8.79. The van der Waals surface area contributed by atoms with Crippen molar-refractivity contribution in [3.05, 3.63) is 23.1 Å². The first-order valence-corrected chi connectivity index (χ1v) is 7.45. The largest absolute Gasteiger partial charge is 0.484 e. The number of rotatable bonds is 1. The molecule has 2 aromatic rings. The molecule has 0 unspecified atom stereocenters. The van der Waals surface area contributed by atoms with Gasteiger partial charge in [0.2, 0.25) is 0 Å². The lowest BCUT2D eigenvalue weighted by Crippen LogP contribution is -2.45. The predicted molar refractivity (Wildman–Crippen MR) is 84.7 cm³/mol. The van der Waals surface area contributed by atoms with Gasteiger partial charge in [-0.25, -0.2) is 4.98 Å². The Morgan fingerprint density at radius 3 is 2.80 bits per heavy atom. The molecule has 0 amide bonds. The van der Waals surface area contributed by atoms with E-state index in [1.807, 2.05) is 13.0 Å². The number of likely N-dealkylation sites (N-methyl/N-ethyl adjacent to an activating group) is 1. The summed E-state index contributed by atoms with van der Waals surface area (Å²) in [6.45, 7) is 7.12. The van der Waals surface area contributed by atoms with Crippen molar-refractivity contribution in [1.82, 2.24) is 4.98 Å². The molecule has 3 rings (SSSR count). The lowest BCUT2D eigenvalue weighted by Gasteiger charge is -2.39. The summed E-state index contributed by atoms with van der Waals surface area (Å²) in [4.78, 5) is 7.79. The Morgan fingerprint density at radius 2 is 2.15 bits per heavy atom. The second-order valence-corrected chi connectivity index (χ2v) is 7.09. The van der Waals surface area contributed by atoms with Gasteiger partial charge in [0.05, 0.1) is 17.9 Å². The van der Waals surface area contributed by atoms with Crippen LogP contribution in [0.3, 0.4) is 0 Å². The highest BCUT2D eigenvalue weighted by molar-refractivity contribution is 7.15. The third kappa shape index (κ3) is 2.22. The minimum absolute atomic E-state index is 0.162. The van der Waals surface area contributed by atoms with Crippen LogP contribution in [0.15, 0.2) is 18.2 Å². The number of fused-ring (bicyclic) bond motifs is 1. The zero-order chi connectivity index (χ0) is 14.5. The average molecular weight is 289 g/mol. The molecule has 106 valence electrons. The third-order valence-corrected chi connectivity index (χ3v) is 4.26. The number of nitrogens with two attached hydrogens (primary N) is 1. The smallest absolute Gasteiger partial charge is 0.180 e. The molecule has 1 aliphatic rings. The molecule has 0 fully saturated rings. The highest BCUT2D eigenvalue weighted by Gasteiger charge is 2.30. The Kier molecular flexibility index (Phi) is 2.90. The number of nitrogen functional groups attached to an aromatic ring is 1. The number of aryl methyl sites for hydroxylation is 1. The zero-order valence-electron chi connectivity index (χ0n) is 12.2. The second kappa shape index (κ2) is 4.38. The molecule has 0 radical (unpaired) electrons. The Hall–Kier alpha value is -1.75. The first-order valence-electron chi connectivity index (χ1n) is 6.63. The van der Waals surface area contributed by atoms with E-state index in [4.69, 9.17) is 10.5 Å². The summed E-state index contributed by atoms with van der Waals surface area (Å²) in [6, 6.07) is 6.21. The van der Waals surface area contributed by atoms with Crippen molar-refractivity contribution in [2.45, 2.75) is 26.4 Å². The molecule has 2 heterocycles. The van der Waals surface area contributed by atoms with Crippen LogP contribution in [0, 0.1) is 6.92 Å². The molecule has 0 spiro atoms. The molecule has 5 heteroatoms. The van der Waals surface area contributed by atoms with Crippen LogP contribution in [0.2, 0.25) is 0 Å². The second-order valence-electron chi connectivity index (χ2n) is 5.86. The molecular formula is C15H19N3OS. The number of nitrogens with zero attached hydrogens (tertiary/aromatic N) is 2. The van der Waals surface area contributed by atoms with Crippen molar-refractivity contribution < 1.29 is 4.74 Å². The van der Waals surface area contributed by atoms with E-state index >= 15 is 0 Å². The van der Waals surface area contributed by atoms with Crippen molar-refractivity contribution in [2.24, 2.45) is 0 Å². The molecule has 1 aromatic carbocycles. The molecule has 4 nitrogen and oxygen atoms in total. The van der Waals surface area contributed by atoms with Crippen LogP contribution in [0.25, 0.3) is 11.3 Å². The standard InChI is InChI=1S/C15H19N3OS/c1-9-13(17-14(16)20-9)10-5-6-12-11(7-10)18(4)8-15(2,3)19-12/h5-7H,8H2,1-4H3,(H2,16,17). The minimum atomic E-state index is -0.162. The summed E-state index contributed by atoms with van der Waals surface area (Å²) in [7, 11) is 2.09. The van der Waals surface area contributed by atoms with E-state index in [1.54, 1.807) is 0 Å². The van der Waals surface area contributed by atoms with Crippen LogP contribution < -0.4 is 15.4 Å². The Morgan fingerprint density at radius 1 is 1.40 bits per heavy atom. The molecule has 0 saturated heterocycles. The topological polar surface area (TPSA) is 51.4 Å². The monoisotopic (exact) mass is 289 g/mol. The van der Waals surface area contributed by atoms with Gasteiger partial charge >= 0.3 is 0 Å². The van der Waals surface area contributed by atoms with E-state index < -0.39 is 0 Å². The van der Waals surface area contributed by atoms with Gasteiger partial charge in [0.1, 0.15) is 11.4 Å². The normalized spacial score (nSPS) is 16.7. The fourth-order valence-electron chi connectivity index (χ4n) is 2.72. The number of hydrogen-bond donors (Lipinski definition) is 1. The van der Waals surface area contributed by atoms with Crippen molar-refractivity contribution in [1.29, 1.82) is 0 Å². The summed E-state index contributed by atoms with van der Waals surface area (Å²) in [6.07, 6.45) is 0. The molecule has 0 atom stereocenters. The maximum absolute atomic E-state index is 6.03. The van der Waals surface area contributed by atoms with E-state index in [1.165, 1.54) is 11.3 Å². The molecule has 1 aliphatic heterocycles. The van der Waals surface area contributed by atoms with E-state index in [2.05, 4.69) is 42.9 Å². The van der Waals surface area contributed by atoms with Gasteiger partial charge in [-0.3, -0.25) is 0 Å². The SMILES string of the molecule is Cc1sc(N)nc1-c1ccc2c(c1)N(C)CC(C)(C)O2. The van der Waals surface area contributed by atoms with Crippen molar-refractivity contribution in [3.63, 3.8) is 0 Å². The number of benzene rings is 1. The van der Waals surface area contributed by atoms with Gasteiger partial charge in [-0.05, 0) is 39.0 Å². The van der Waals surface area contributed by atoms with Crippen molar-refractivity contribution in [3.8, 4) is 17.0 Å². The lowest BCUT2D eigenvalue weighted by atomic mass is 10.0. The van der Waals surface area contributed by atoms with Gasteiger partial charge in [0.15, 0.2) is 5.13 Å². The van der Waals surface area contributed by atoms with Gasteiger partial charge in [-0.1, -0.05) is 0 Å². The Balaban J connectivity index is 2.06. The fraction of sp³-hybridized carbons (Fsp3) is 0.400. The van der Waals surface area contributed by atoms with Gasteiger partial charge < -0.3 is 15.4 Å². The van der Waals surface area contributed by atoms with Crippen LogP contribution in [0.1, 0.15) is 18.7 Å². The average Bonchev–Trinajstić information content (AvgIpc) is 2.67. The molecule has 0 bridgehead atoms. The summed E-state index contributed by atoms with van der Waals surface area (Å²) in [5.74, 6) is 0.924. The molecule has 1 aromatic heterocycles. The number of ether oxygens (including phenoxy) is 1. The highest BCUT2D eigenvalue weighted by Crippen LogP contribution is 2.40. The summed E-state index contributed by atoms with van der Waals surface area (Å²) >= 11 is 1.52. The van der Waals surface area contributed by atoms with Gasteiger partial charge in [0, 0.05) is 17.5 Å². The van der Waals surface area contributed by atoms with Crippen LogP contribution >= 0.6 is 11.3 Å². The number of hydrogen-bond acceptors (Lipinski definition) is 5. The minimum Gasteiger partial charge on any atom is -0.484 e. The summed E-state index contributed by atoms with van der Waals surface area (Å²) in [5, 5.41) is 0.612. The first-order chi connectivity index (χ1) is 9.35. The molecule has 0 saturated carbocycles. The van der Waals surface area contributed by atoms with E-state index in [9.17, 15) is 0 Å². The van der Waals surface area contributed by atoms with Gasteiger partial charge in [-0.2, -0.15) is 0 Å². The van der Waals surface area contributed by atoms with Crippen LogP contribution in [0.4, 0.5) is 10.8 Å². The number of aromatic nitrogens is 1. The third-order valence-electron chi connectivity index (χ3n) is 3.46. The Labute approximate surface area is 123 Å². The Bertz CT molecular complexity index is 663. The number of anilines is 2. The fourth-order valence-corrected chi connectivity index (χ4v) is 3.43. The maximum atomic E-state index is 6.03. The molecule has 20 heavy (non-hydrogen) atoms. The molecule has 0 aliphatic carbocycles. The highest BCUT2D eigenvalue weighted by atomic mass is 32.1. The van der Waals surface area contributed by atoms with Crippen molar-refractivity contribution >= 4 is 22.2 Å². The first kappa shape index (κ1) is 13.2. The van der Waals surface area contributed by atoms with Crippen LogP contribution in [0.5, 0.6) is 5.75 Å².